The molecule has 0 amide bonds. The van der Waals surface area contributed by atoms with E-state index in [1.54, 1.807) is 17.5 Å². The summed E-state index contributed by atoms with van der Waals surface area (Å²) >= 11 is 0. The zero-order valence-corrected chi connectivity index (χ0v) is 13.6. The number of rotatable bonds is 7. The topological polar surface area (TPSA) is 42.6 Å². The first-order valence-electron chi connectivity index (χ1n) is 7.68. The van der Waals surface area contributed by atoms with Crippen LogP contribution in [-0.4, -0.2) is 41.1 Å². The number of aromatic nitrogens is 2. The average Bonchev–Trinajstić information content (AvgIpc) is 3.03. The first-order valence-corrected chi connectivity index (χ1v) is 7.68. The van der Waals surface area contributed by atoms with Crippen molar-refractivity contribution in [2.75, 3.05) is 20.7 Å². The van der Waals surface area contributed by atoms with Crippen molar-refractivity contribution in [3.05, 3.63) is 48.5 Å². The highest BCUT2D eigenvalue weighted by molar-refractivity contribution is 6.00. The molecule has 0 saturated carbocycles. The third-order valence-electron chi connectivity index (χ3n) is 3.15. The molecule has 0 N–H and O–H groups in total. The summed E-state index contributed by atoms with van der Waals surface area (Å²) in [6, 6.07) is 8.03. The highest BCUT2D eigenvalue weighted by Gasteiger charge is 2.08. The van der Waals surface area contributed by atoms with Gasteiger partial charge in [-0.25, -0.2) is 4.98 Å². The SMILES string of the molecule is CCCCCOc1cccc(/C(=N/N(C)C)n2ccnc2)c1. The van der Waals surface area contributed by atoms with Gasteiger partial charge in [-0.15, -0.1) is 0 Å². The van der Waals surface area contributed by atoms with Crippen LogP contribution >= 0.6 is 0 Å². The molecule has 2 rings (SSSR count). The summed E-state index contributed by atoms with van der Waals surface area (Å²) in [6.45, 7) is 2.94. The number of unbranched alkanes of at least 4 members (excludes halogenated alkanes) is 2. The van der Waals surface area contributed by atoms with Gasteiger partial charge in [-0.05, 0) is 18.6 Å². The third-order valence-corrected chi connectivity index (χ3v) is 3.15. The van der Waals surface area contributed by atoms with E-state index in [0.29, 0.717) is 0 Å². The van der Waals surface area contributed by atoms with E-state index in [9.17, 15) is 0 Å². The molecule has 0 atom stereocenters. The fourth-order valence-corrected chi connectivity index (χ4v) is 2.10. The lowest BCUT2D eigenvalue weighted by molar-refractivity contribution is 0.306. The largest absolute Gasteiger partial charge is 0.494 e. The predicted molar refractivity (Wildman–Crippen MR) is 89.3 cm³/mol. The van der Waals surface area contributed by atoms with Gasteiger partial charge in [0.15, 0.2) is 5.84 Å². The molecule has 0 saturated heterocycles. The molecule has 5 heteroatoms. The summed E-state index contributed by atoms with van der Waals surface area (Å²) in [5.41, 5.74) is 1.000. The smallest absolute Gasteiger partial charge is 0.165 e. The van der Waals surface area contributed by atoms with E-state index < -0.39 is 0 Å². The zero-order chi connectivity index (χ0) is 15.8. The number of imidazole rings is 1. The van der Waals surface area contributed by atoms with Crippen molar-refractivity contribution in [2.24, 2.45) is 5.10 Å². The summed E-state index contributed by atoms with van der Waals surface area (Å²) < 4.78 is 7.73. The Bertz CT molecular complexity index is 590. The van der Waals surface area contributed by atoms with E-state index >= 15 is 0 Å². The van der Waals surface area contributed by atoms with Crippen LogP contribution in [0.1, 0.15) is 31.7 Å². The molecule has 0 aliphatic carbocycles. The molecule has 118 valence electrons. The molecule has 1 aromatic carbocycles. The van der Waals surface area contributed by atoms with Gasteiger partial charge in [-0.1, -0.05) is 31.9 Å². The number of ether oxygens (including phenoxy) is 1. The zero-order valence-electron chi connectivity index (χ0n) is 13.6. The molecule has 2 aromatic rings. The minimum absolute atomic E-state index is 0.753. The van der Waals surface area contributed by atoms with Gasteiger partial charge in [0.05, 0.1) is 6.61 Å². The summed E-state index contributed by atoms with van der Waals surface area (Å²) in [5.74, 6) is 1.70. The second-order valence-electron chi connectivity index (χ2n) is 5.32. The fraction of sp³-hybridized carbons (Fsp3) is 0.412. The average molecular weight is 300 g/mol. The van der Waals surface area contributed by atoms with Crippen LogP contribution in [0.3, 0.4) is 0 Å². The Kier molecular flexibility index (Phi) is 6.01. The standard InChI is InChI=1S/C17H24N4O/c1-4-5-6-12-22-16-9-7-8-15(13-16)17(19-20(2)3)21-11-10-18-14-21/h7-11,13-14H,4-6,12H2,1-3H3/b19-17-. The van der Waals surface area contributed by atoms with Crippen molar-refractivity contribution in [2.45, 2.75) is 26.2 Å². The second kappa shape index (κ2) is 8.22. The Morgan fingerprint density at radius 1 is 1.32 bits per heavy atom. The van der Waals surface area contributed by atoms with Crippen LogP contribution in [-0.2, 0) is 0 Å². The maximum atomic E-state index is 5.83. The second-order valence-corrected chi connectivity index (χ2v) is 5.32. The van der Waals surface area contributed by atoms with Crippen molar-refractivity contribution < 1.29 is 4.74 Å². The molecule has 22 heavy (non-hydrogen) atoms. The highest BCUT2D eigenvalue weighted by Crippen LogP contribution is 2.16. The molecule has 0 bridgehead atoms. The Hall–Kier alpha value is -2.30. The van der Waals surface area contributed by atoms with Gasteiger partial charge in [0.25, 0.3) is 0 Å². The molecular weight excluding hydrogens is 276 g/mol. The lowest BCUT2D eigenvalue weighted by Gasteiger charge is -2.13. The highest BCUT2D eigenvalue weighted by atomic mass is 16.5. The third kappa shape index (κ3) is 4.62. The van der Waals surface area contributed by atoms with Crippen LogP contribution in [0.2, 0.25) is 0 Å². The van der Waals surface area contributed by atoms with Crippen molar-refractivity contribution in [1.82, 2.24) is 14.6 Å². The van der Waals surface area contributed by atoms with Gasteiger partial charge in [-0.2, -0.15) is 5.10 Å². The van der Waals surface area contributed by atoms with E-state index in [4.69, 9.17) is 4.74 Å². The number of hydrogen-bond donors (Lipinski definition) is 0. The number of hydrazone groups is 1. The molecule has 1 heterocycles. The first kappa shape index (κ1) is 16.1. The van der Waals surface area contributed by atoms with Gasteiger partial charge in [0, 0.05) is 32.1 Å². The minimum Gasteiger partial charge on any atom is -0.494 e. The van der Waals surface area contributed by atoms with E-state index in [1.807, 2.05) is 49.1 Å². The summed E-state index contributed by atoms with van der Waals surface area (Å²) in [4.78, 5) is 4.10. The molecule has 0 aliphatic rings. The number of benzene rings is 1. The number of nitrogens with zero attached hydrogens (tertiary/aromatic N) is 4. The fourth-order valence-electron chi connectivity index (χ4n) is 2.10. The Morgan fingerprint density at radius 3 is 2.86 bits per heavy atom. The van der Waals surface area contributed by atoms with Crippen LogP contribution in [0.25, 0.3) is 0 Å². The minimum atomic E-state index is 0.753. The van der Waals surface area contributed by atoms with E-state index in [-0.39, 0.29) is 0 Å². The van der Waals surface area contributed by atoms with Crippen LogP contribution in [0.15, 0.2) is 48.1 Å². The van der Waals surface area contributed by atoms with Gasteiger partial charge in [0.1, 0.15) is 12.1 Å². The van der Waals surface area contributed by atoms with Crippen LogP contribution in [0.4, 0.5) is 0 Å². The molecule has 0 unspecified atom stereocenters. The molecule has 0 fully saturated rings. The van der Waals surface area contributed by atoms with Crippen molar-refractivity contribution >= 4 is 5.84 Å². The van der Waals surface area contributed by atoms with Crippen molar-refractivity contribution in [3.63, 3.8) is 0 Å². The Morgan fingerprint density at radius 2 is 2.18 bits per heavy atom. The van der Waals surface area contributed by atoms with Crippen LogP contribution in [0, 0.1) is 0 Å². The van der Waals surface area contributed by atoms with Gasteiger partial charge in [-0.3, -0.25) is 4.57 Å². The predicted octanol–water partition coefficient (Wildman–Crippen LogP) is 3.22. The van der Waals surface area contributed by atoms with Crippen LogP contribution in [0.5, 0.6) is 5.75 Å². The van der Waals surface area contributed by atoms with Crippen LogP contribution < -0.4 is 4.74 Å². The molecule has 0 spiro atoms. The maximum Gasteiger partial charge on any atom is 0.165 e. The first-order chi connectivity index (χ1) is 10.7. The van der Waals surface area contributed by atoms with E-state index in [2.05, 4.69) is 17.0 Å². The van der Waals surface area contributed by atoms with E-state index in [0.717, 1.165) is 30.2 Å². The molecular formula is C17H24N4O. The maximum absolute atomic E-state index is 5.83. The summed E-state index contributed by atoms with van der Waals surface area (Å²) in [5, 5.41) is 6.34. The Labute approximate surface area is 132 Å². The van der Waals surface area contributed by atoms with E-state index in [1.165, 1.54) is 12.8 Å². The van der Waals surface area contributed by atoms with Gasteiger partial charge < -0.3 is 9.75 Å². The molecule has 0 aliphatic heterocycles. The normalized spacial score (nSPS) is 11.5. The molecule has 5 nitrogen and oxygen atoms in total. The lowest BCUT2D eigenvalue weighted by Crippen LogP contribution is -2.17. The monoisotopic (exact) mass is 300 g/mol. The summed E-state index contributed by atoms with van der Waals surface area (Å²) in [6.07, 6.45) is 8.86. The molecule has 1 aromatic heterocycles. The van der Waals surface area contributed by atoms with Gasteiger partial charge >= 0.3 is 0 Å². The lowest BCUT2D eigenvalue weighted by atomic mass is 10.2. The molecule has 0 radical (unpaired) electrons. The quantitative estimate of drug-likeness (QED) is 0.341. The van der Waals surface area contributed by atoms with Crippen molar-refractivity contribution in [1.29, 1.82) is 0 Å². The van der Waals surface area contributed by atoms with Crippen molar-refractivity contribution in [3.8, 4) is 5.75 Å². The Balaban J connectivity index is 2.18. The number of hydrogen-bond acceptors (Lipinski definition) is 4. The summed E-state index contributed by atoms with van der Waals surface area (Å²) in [7, 11) is 3.81. The van der Waals surface area contributed by atoms with Gasteiger partial charge in [0.2, 0.25) is 0 Å².